The zero-order valence-electron chi connectivity index (χ0n) is 11.8. The maximum Gasteiger partial charge on any atom is 0.119 e. The van der Waals surface area contributed by atoms with Gasteiger partial charge in [-0.3, -0.25) is 4.68 Å². The summed E-state index contributed by atoms with van der Waals surface area (Å²) < 4.78 is 7.41. The van der Waals surface area contributed by atoms with Crippen molar-refractivity contribution in [2.45, 2.75) is 33.9 Å². The molecule has 1 heterocycles. The van der Waals surface area contributed by atoms with E-state index >= 15 is 0 Å². The molecule has 0 aliphatic heterocycles. The quantitative estimate of drug-likeness (QED) is 0.865. The molecule has 2 aromatic rings. The number of hydrogen-bond donors (Lipinski definition) is 1. The third-order valence-corrected chi connectivity index (χ3v) is 3.12. The van der Waals surface area contributed by atoms with Gasteiger partial charge in [-0.15, -0.1) is 0 Å². The molecule has 0 saturated heterocycles. The molecule has 0 saturated carbocycles. The molecule has 0 spiro atoms. The highest BCUT2D eigenvalue weighted by Gasteiger charge is 2.04. The van der Waals surface area contributed by atoms with Crippen molar-refractivity contribution in [3.8, 4) is 5.75 Å². The average molecular weight is 259 g/mol. The molecular weight excluding hydrogens is 238 g/mol. The molecule has 0 radical (unpaired) electrons. The van der Waals surface area contributed by atoms with Crippen molar-refractivity contribution >= 4 is 5.69 Å². The van der Waals surface area contributed by atoms with E-state index in [2.05, 4.69) is 36.4 Å². The Kier molecular flexibility index (Phi) is 4.44. The zero-order valence-corrected chi connectivity index (χ0v) is 11.8. The van der Waals surface area contributed by atoms with Crippen LogP contribution >= 0.6 is 0 Å². The maximum atomic E-state index is 5.43. The molecule has 0 bridgehead atoms. The monoisotopic (exact) mass is 259 g/mol. The van der Waals surface area contributed by atoms with Crippen molar-refractivity contribution in [3.05, 3.63) is 41.7 Å². The molecule has 0 aliphatic rings. The van der Waals surface area contributed by atoms with Crippen LogP contribution in [0.2, 0.25) is 0 Å². The van der Waals surface area contributed by atoms with Gasteiger partial charge in [0.15, 0.2) is 0 Å². The summed E-state index contributed by atoms with van der Waals surface area (Å²) in [5.74, 6) is 0.918. The van der Waals surface area contributed by atoms with E-state index in [1.165, 1.54) is 11.3 Å². The number of benzene rings is 1. The smallest absolute Gasteiger partial charge is 0.119 e. The van der Waals surface area contributed by atoms with Crippen molar-refractivity contribution in [1.29, 1.82) is 0 Å². The van der Waals surface area contributed by atoms with Crippen LogP contribution in [0.3, 0.4) is 0 Å². The van der Waals surface area contributed by atoms with Gasteiger partial charge in [0, 0.05) is 13.1 Å². The summed E-state index contributed by atoms with van der Waals surface area (Å²) in [7, 11) is 0. The number of aromatic nitrogens is 2. The van der Waals surface area contributed by atoms with E-state index in [-0.39, 0.29) is 0 Å². The van der Waals surface area contributed by atoms with E-state index in [0.29, 0.717) is 6.61 Å². The minimum absolute atomic E-state index is 0.701. The molecule has 1 aromatic heterocycles. The van der Waals surface area contributed by atoms with Crippen LogP contribution in [-0.2, 0) is 13.1 Å². The van der Waals surface area contributed by atoms with Gasteiger partial charge in [-0.2, -0.15) is 5.10 Å². The van der Waals surface area contributed by atoms with E-state index in [0.717, 1.165) is 24.5 Å². The molecule has 2 rings (SSSR count). The summed E-state index contributed by atoms with van der Waals surface area (Å²) in [5.41, 5.74) is 3.50. The normalized spacial score (nSPS) is 10.5. The second kappa shape index (κ2) is 6.27. The Balaban J connectivity index is 1.96. The van der Waals surface area contributed by atoms with Gasteiger partial charge in [0.25, 0.3) is 0 Å². The van der Waals surface area contributed by atoms with Gasteiger partial charge in [-0.1, -0.05) is 12.1 Å². The molecule has 4 heteroatoms. The van der Waals surface area contributed by atoms with Crippen molar-refractivity contribution in [1.82, 2.24) is 9.78 Å². The summed E-state index contributed by atoms with van der Waals surface area (Å²) in [4.78, 5) is 0. The second-order valence-electron chi connectivity index (χ2n) is 4.39. The van der Waals surface area contributed by atoms with Crippen molar-refractivity contribution in [3.63, 3.8) is 0 Å². The lowest BCUT2D eigenvalue weighted by Crippen LogP contribution is -2.02. The van der Waals surface area contributed by atoms with Gasteiger partial charge in [0.2, 0.25) is 0 Å². The number of anilines is 1. The van der Waals surface area contributed by atoms with E-state index in [4.69, 9.17) is 4.74 Å². The highest BCUT2D eigenvalue weighted by Crippen LogP contribution is 2.16. The van der Waals surface area contributed by atoms with Crippen LogP contribution < -0.4 is 10.1 Å². The first-order chi connectivity index (χ1) is 9.24. The summed E-state index contributed by atoms with van der Waals surface area (Å²) in [6.45, 7) is 8.56. The number of aryl methyl sites for hydroxylation is 1. The summed E-state index contributed by atoms with van der Waals surface area (Å²) in [6, 6.07) is 8.17. The number of nitrogens with zero attached hydrogens (tertiary/aromatic N) is 2. The largest absolute Gasteiger partial charge is 0.494 e. The molecule has 19 heavy (non-hydrogen) atoms. The van der Waals surface area contributed by atoms with Crippen molar-refractivity contribution in [2.24, 2.45) is 0 Å². The van der Waals surface area contributed by atoms with E-state index in [9.17, 15) is 0 Å². The van der Waals surface area contributed by atoms with Crippen LogP contribution in [0.15, 0.2) is 30.5 Å². The average Bonchev–Trinajstić information content (AvgIpc) is 2.79. The Morgan fingerprint density at radius 3 is 2.53 bits per heavy atom. The molecule has 1 aromatic carbocycles. The van der Waals surface area contributed by atoms with Crippen LogP contribution in [0.1, 0.15) is 25.1 Å². The van der Waals surface area contributed by atoms with Crippen LogP contribution in [0.4, 0.5) is 5.69 Å². The fourth-order valence-corrected chi connectivity index (χ4v) is 2.01. The molecule has 0 unspecified atom stereocenters. The lowest BCUT2D eigenvalue weighted by atomic mass is 10.2. The fourth-order valence-electron chi connectivity index (χ4n) is 2.01. The SMILES string of the molecule is CCOc1ccc(CNc2cnn(CC)c2C)cc1. The molecule has 0 atom stereocenters. The lowest BCUT2D eigenvalue weighted by molar-refractivity contribution is 0.340. The molecule has 4 nitrogen and oxygen atoms in total. The highest BCUT2D eigenvalue weighted by molar-refractivity contribution is 5.46. The third-order valence-electron chi connectivity index (χ3n) is 3.12. The zero-order chi connectivity index (χ0) is 13.7. The molecular formula is C15H21N3O. The number of nitrogens with one attached hydrogen (secondary N) is 1. The number of rotatable bonds is 6. The van der Waals surface area contributed by atoms with E-state index in [1.54, 1.807) is 0 Å². The Bertz CT molecular complexity index is 517. The van der Waals surface area contributed by atoms with Gasteiger partial charge < -0.3 is 10.1 Å². The molecule has 0 amide bonds. The number of ether oxygens (including phenoxy) is 1. The summed E-state index contributed by atoms with van der Waals surface area (Å²) >= 11 is 0. The van der Waals surface area contributed by atoms with Gasteiger partial charge in [-0.25, -0.2) is 0 Å². The first-order valence-corrected chi connectivity index (χ1v) is 6.72. The van der Waals surface area contributed by atoms with Gasteiger partial charge in [0.1, 0.15) is 5.75 Å². The lowest BCUT2D eigenvalue weighted by Gasteiger charge is -2.08. The van der Waals surface area contributed by atoms with Crippen LogP contribution in [0, 0.1) is 6.92 Å². The summed E-state index contributed by atoms with van der Waals surface area (Å²) in [5, 5.41) is 7.73. The molecule has 102 valence electrons. The van der Waals surface area contributed by atoms with Gasteiger partial charge >= 0.3 is 0 Å². The van der Waals surface area contributed by atoms with Crippen LogP contribution in [0.25, 0.3) is 0 Å². The van der Waals surface area contributed by atoms with Gasteiger partial charge in [0.05, 0.1) is 24.2 Å². The van der Waals surface area contributed by atoms with E-state index < -0.39 is 0 Å². The molecule has 0 fully saturated rings. The minimum atomic E-state index is 0.701. The van der Waals surface area contributed by atoms with E-state index in [1.807, 2.05) is 29.9 Å². The Morgan fingerprint density at radius 1 is 1.21 bits per heavy atom. The second-order valence-corrected chi connectivity index (χ2v) is 4.39. The van der Waals surface area contributed by atoms with Crippen LogP contribution in [-0.4, -0.2) is 16.4 Å². The van der Waals surface area contributed by atoms with Crippen LogP contribution in [0.5, 0.6) is 5.75 Å². The summed E-state index contributed by atoms with van der Waals surface area (Å²) in [6.07, 6.45) is 1.88. The molecule has 1 N–H and O–H groups in total. The highest BCUT2D eigenvalue weighted by atomic mass is 16.5. The Labute approximate surface area is 114 Å². The molecule has 0 aliphatic carbocycles. The fraction of sp³-hybridized carbons (Fsp3) is 0.400. The maximum absolute atomic E-state index is 5.43. The predicted molar refractivity (Wildman–Crippen MR) is 77.6 cm³/mol. The standard InChI is InChI=1S/C15H21N3O/c1-4-18-12(3)15(11-17-18)16-10-13-6-8-14(9-7-13)19-5-2/h6-9,11,16H,4-5,10H2,1-3H3. The van der Waals surface area contributed by atoms with Crippen molar-refractivity contribution in [2.75, 3.05) is 11.9 Å². The number of hydrogen-bond acceptors (Lipinski definition) is 3. The Hall–Kier alpha value is -1.97. The predicted octanol–water partition coefficient (Wildman–Crippen LogP) is 3.22. The minimum Gasteiger partial charge on any atom is -0.494 e. The first kappa shape index (κ1) is 13.5. The third kappa shape index (κ3) is 3.28. The topological polar surface area (TPSA) is 39.1 Å². The Morgan fingerprint density at radius 2 is 1.95 bits per heavy atom. The first-order valence-electron chi connectivity index (χ1n) is 6.72. The van der Waals surface area contributed by atoms with Gasteiger partial charge in [-0.05, 0) is 38.5 Å². The van der Waals surface area contributed by atoms with Crippen molar-refractivity contribution < 1.29 is 4.74 Å².